The first-order chi connectivity index (χ1) is 5.47. The maximum Gasteiger partial charge on any atom is 0.174 e. The minimum absolute atomic E-state index is 0.760. The number of benzene rings is 1. The molecule has 0 atom stereocenters. The van der Waals surface area contributed by atoms with E-state index in [0.29, 0.717) is 0 Å². The van der Waals surface area contributed by atoms with Crippen LogP contribution in [0.15, 0.2) is 30.3 Å². The quantitative estimate of drug-likeness (QED) is 0.639. The highest BCUT2D eigenvalue weighted by molar-refractivity contribution is 7.02. The predicted molar refractivity (Wildman–Crippen MR) is 44.2 cm³/mol. The molecule has 0 bridgehead atoms. The number of nitrogens with zero attached hydrogens (tertiary/aromatic N) is 2. The molecule has 2 aromatic rings. The van der Waals surface area contributed by atoms with E-state index in [-0.39, 0.29) is 0 Å². The van der Waals surface area contributed by atoms with Gasteiger partial charge in [0, 0.05) is 5.56 Å². The van der Waals surface area contributed by atoms with Gasteiger partial charge in [-0.15, -0.1) is 0 Å². The molecule has 1 aromatic carbocycles. The minimum Gasteiger partial charge on any atom is -0.212 e. The summed E-state index contributed by atoms with van der Waals surface area (Å²) in [5, 5.41) is 0. The lowest BCUT2D eigenvalue weighted by Gasteiger charge is -1.90. The smallest absolute Gasteiger partial charge is 0.174 e. The normalized spacial score (nSPS) is 9.82. The van der Waals surface area contributed by atoms with E-state index in [1.165, 1.54) is 11.5 Å². The average molecular weight is 161 g/mol. The van der Waals surface area contributed by atoms with Gasteiger partial charge in [0.15, 0.2) is 11.3 Å². The van der Waals surface area contributed by atoms with Crippen molar-refractivity contribution < 1.29 is 0 Å². The van der Waals surface area contributed by atoms with Crippen molar-refractivity contribution in [3.8, 4) is 11.4 Å². The summed E-state index contributed by atoms with van der Waals surface area (Å²) in [5.74, 6) is 0.760. The van der Waals surface area contributed by atoms with Crippen LogP contribution in [0.5, 0.6) is 0 Å². The number of aromatic nitrogens is 2. The molecule has 2 rings (SSSR count). The van der Waals surface area contributed by atoms with Crippen molar-refractivity contribution in [3.63, 3.8) is 0 Å². The molecule has 1 aromatic heterocycles. The zero-order valence-electron chi connectivity index (χ0n) is 5.69. The lowest BCUT2D eigenvalue weighted by Crippen LogP contribution is -1.76. The maximum absolute atomic E-state index is 4.06. The molecule has 2 nitrogen and oxygen atoms in total. The summed E-state index contributed by atoms with van der Waals surface area (Å²) in [5.41, 5.74) is 3.76. The summed E-state index contributed by atoms with van der Waals surface area (Å²) < 4.78 is 4.06. The molecule has 0 amide bonds. The Morgan fingerprint density at radius 3 is 2.64 bits per heavy atom. The molecule has 11 heavy (non-hydrogen) atoms. The summed E-state index contributed by atoms with van der Waals surface area (Å²) in [6, 6.07) is 9.87. The summed E-state index contributed by atoms with van der Waals surface area (Å²) in [4.78, 5) is 3.97. The van der Waals surface area contributed by atoms with Crippen LogP contribution < -0.4 is 0 Å². The van der Waals surface area contributed by atoms with Crippen molar-refractivity contribution in [2.75, 3.05) is 0 Å². The third kappa shape index (κ3) is 1.28. The van der Waals surface area contributed by atoms with Gasteiger partial charge in [-0.25, -0.2) is 4.98 Å². The van der Waals surface area contributed by atoms with Gasteiger partial charge in [0.1, 0.15) is 0 Å². The van der Waals surface area contributed by atoms with Gasteiger partial charge in [0.25, 0.3) is 0 Å². The van der Waals surface area contributed by atoms with Crippen LogP contribution in [0.2, 0.25) is 0 Å². The monoisotopic (exact) mass is 161 g/mol. The highest BCUT2D eigenvalue weighted by Crippen LogP contribution is 2.13. The highest BCUT2D eigenvalue weighted by Gasteiger charge is 1.97. The van der Waals surface area contributed by atoms with Crippen molar-refractivity contribution in [3.05, 3.63) is 35.8 Å². The van der Waals surface area contributed by atoms with Gasteiger partial charge in [0.05, 0.1) is 0 Å². The van der Waals surface area contributed by atoms with Crippen LogP contribution in [0.4, 0.5) is 0 Å². The number of hydrogen-bond donors (Lipinski definition) is 0. The third-order valence-electron chi connectivity index (χ3n) is 1.36. The van der Waals surface area contributed by atoms with Crippen molar-refractivity contribution in [1.29, 1.82) is 0 Å². The zero-order valence-corrected chi connectivity index (χ0v) is 6.51. The van der Waals surface area contributed by atoms with E-state index < -0.39 is 0 Å². The molecule has 0 N–H and O–H groups in total. The molecule has 0 spiro atoms. The summed E-state index contributed by atoms with van der Waals surface area (Å²) in [7, 11) is 0. The first kappa shape index (κ1) is 6.49. The molecule has 0 saturated carbocycles. The average Bonchev–Trinajstić information content (AvgIpc) is 2.58. The third-order valence-corrected chi connectivity index (χ3v) is 1.79. The van der Waals surface area contributed by atoms with Gasteiger partial charge in [-0.1, -0.05) is 30.3 Å². The Hall–Kier alpha value is -1.22. The lowest BCUT2D eigenvalue weighted by atomic mass is 10.2. The largest absolute Gasteiger partial charge is 0.212 e. The van der Waals surface area contributed by atoms with E-state index >= 15 is 0 Å². The molecule has 53 valence electrons. The number of rotatable bonds is 1. The standard InChI is InChI=1S/C8H5N2S/c1-2-4-7(5-3-1)8-9-6-11-10-8/h1-5H. The lowest BCUT2D eigenvalue weighted by molar-refractivity contribution is 1.32. The topological polar surface area (TPSA) is 25.8 Å². The van der Waals surface area contributed by atoms with Crippen molar-refractivity contribution in [2.45, 2.75) is 0 Å². The van der Waals surface area contributed by atoms with E-state index in [9.17, 15) is 0 Å². The Balaban J connectivity index is 2.46. The van der Waals surface area contributed by atoms with Crippen LogP contribution in [-0.2, 0) is 0 Å². The van der Waals surface area contributed by atoms with Gasteiger partial charge in [-0.3, -0.25) is 0 Å². The summed E-state index contributed by atoms with van der Waals surface area (Å²) in [6.45, 7) is 0. The molecule has 3 heteroatoms. The molecule has 0 saturated heterocycles. The molecular weight excluding hydrogens is 156 g/mol. The second-order valence-corrected chi connectivity index (χ2v) is 2.62. The highest BCUT2D eigenvalue weighted by atomic mass is 32.1. The van der Waals surface area contributed by atoms with E-state index in [2.05, 4.69) is 14.9 Å². The van der Waals surface area contributed by atoms with Crippen molar-refractivity contribution in [2.24, 2.45) is 0 Å². The molecular formula is C8H5N2S. The first-order valence-corrected chi connectivity index (χ1v) is 3.99. The Morgan fingerprint density at radius 1 is 1.18 bits per heavy atom. The molecule has 0 aliphatic heterocycles. The van der Waals surface area contributed by atoms with Crippen LogP contribution in [-0.4, -0.2) is 9.36 Å². The molecule has 0 aliphatic rings. The SMILES string of the molecule is [c]1nc(-c2ccccc2)ns1. The second-order valence-electron chi connectivity index (χ2n) is 2.08. The molecule has 1 radical (unpaired) electrons. The van der Waals surface area contributed by atoms with Gasteiger partial charge < -0.3 is 0 Å². The Labute approximate surface area is 68.7 Å². The Bertz CT molecular complexity index is 315. The Kier molecular flexibility index (Phi) is 1.65. The van der Waals surface area contributed by atoms with Crippen molar-refractivity contribution >= 4 is 11.5 Å². The zero-order chi connectivity index (χ0) is 7.52. The summed E-state index contributed by atoms with van der Waals surface area (Å²) in [6.07, 6.45) is 0. The molecule has 1 heterocycles. The molecule has 0 unspecified atom stereocenters. The van der Waals surface area contributed by atoms with Crippen LogP contribution in [0, 0.1) is 5.51 Å². The fourth-order valence-corrected chi connectivity index (χ4v) is 1.25. The first-order valence-electron chi connectivity index (χ1n) is 3.22. The molecule has 0 fully saturated rings. The van der Waals surface area contributed by atoms with E-state index in [1.807, 2.05) is 30.3 Å². The summed E-state index contributed by atoms with van der Waals surface area (Å²) >= 11 is 1.25. The van der Waals surface area contributed by atoms with Gasteiger partial charge in [-0.2, -0.15) is 4.37 Å². The van der Waals surface area contributed by atoms with Crippen LogP contribution in [0.3, 0.4) is 0 Å². The Morgan fingerprint density at radius 2 is 2.00 bits per heavy atom. The van der Waals surface area contributed by atoms with Gasteiger partial charge in [0.2, 0.25) is 0 Å². The fraction of sp³-hybridized carbons (Fsp3) is 0. The van der Waals surface area contributed by atoms with Crippen LogP contribution in [0.1, 0.15) is 0 Å². The maximum atomic E-state index is 4.06. The molecule has 0 aliphatic carbocycles. The van der Waals surface area contributed by atoms with Crippen LogP contribution in [0.25, 0.3) is 11.4 Å². The van der Waals surface area contributed by atoms with Crippen LogP contribution >= 0.6 is 11.5 Å². The van der Waals surface area contributed by atoms with E-state index in [1.54, 1.807) is 0 Å². The van der Waals surface area contributed by atoms with Gasteiger partial charge in [-0.05, 0) is 11.5 Å². The number of hydrogen-bond acceptors (Lipinski definition) is 3. The predicted octanol–water partition coefficient (Wildman–Crippen LogP) is 2.01. The minimum atomic E-state index is 0.760. The van der Waals surface area contributed by atoms with Gasteiger partial charge >= 0.3 is 0 Å². The van der Waals surface area contributed by atoms with E-state index in [4.69, 9.17) is 0 Å². The fourth-order valence-electron chi connectivity index (χ4n) is 0.852. The second kappa shape index (κ2) is 2.80. The van der Waals surface area contributed by atoms with Crippen molar-refractivity contribution in [1.82, 2.24) is 9.36 Å². The van der Waals surface area contributed by atoms with E-state index in [0.717, 1.165) is 11.4 Å².